The minimum absolute atomic E-state index is 0.0286. The van der Waals surface area contributed by atoms with E-state index < -0.39 is 4.92 Å². The average Bonchev–Trinajstić information content (AvgIpc) is 2.66. The van der Waals surface area contributed by atoms with Gasteiger partial charge in [0.2, 0.25) is 5.91 Å². The molecule has 1 amide bonds. The molecule has 0 fully saturated rings. The van der Waals surface area contributed by atoms with Crippen LogP contribution in [0.4, 0.5) is 5.69 Å². The largest absolute Gasteiger partial charge is 0.346 e. The standard InChI is InChI=1S/C21H18N2O3/c1-15(18-11-10-16-6-2-3-8-19(16)14-18)22-21(24)13-12-17-7-4-5-9-20(17)23(25)26/h2-15H,1H3,(H,22,24)/b13-12+. The summed E-state index contributed by atoms with van der Waals surface area (Å²) in [6.07, 6.45) is 2.78. The summed E-state index contributed by atoms with van der Waals surface area (Å²) in [7, 11) is 0. The number of carbonyl (C=O) groups excluding carboxylic acids is 1. The number of nitrogens with zero attached hydrogens (tertiary/aromatic N) is 1. The van der Waals surface area contributed by atoms with Crippen molar-refractivity contribution in [1.82, 2.24) is 5.32 Å². The van der Waals surface area contributed by atoms with Gasteiger partial charge in [0.25, 0.3) is 5.69 Å². The van der Waals surface area contributed by atoms with Crippen molar-refractivity contribution >= 4 is 28.4 Å². The maximum Gasteiger partial charge on any atom is 0.276 e. The van der Waals surface area contributed by atoms with Crippen molar-refractivity contribution in [3.8, 4) is 0 Å². The molecular formula is C21H18N2O3. The second-order valence-corrected chi connectivity index (χ2v) is 5.99. The summed E-state index contributed by atoms with van der Waals surface area (Å²) >= 11 is 0. The van der Waals surface area contributed by atoms with Crippen LogP contribution < -0.4 is 5.32 Å². The van der Waals surface area contributed by atoms with Crippen molar-refractivity contribution in [3.63, 3.8) is 0 Å². The van der Waals surface area contributed by atoms with Crippen molar-refractivity contribution < 1.29 is 9.72 Å². The maximum absolute atomic E-state index is 12.2. The molecule has 0 saturated heterocycles. The highest BCUT2D eigenvalue weighted by Gasteiger charge is 2.11. The fourth-order valence-electron chi connectivity index (χ4n) is 2.78. The van der Waals surface area contributed by atoms with E-state index in [1.165, 1.54) is 18.2 Å². The number of benzene rings is 3. The predicted octanol–water partition coefficient (Wildman–Crippen LogP) is 4.64. The van der Waals surface area contributed by atoms with Crippen LogP contribution in [0.2, 0.25) is 0 Å². The van der Waals surface area contributed by atoms with Crippen molar-refractivity contribution in [2.24, 2.45) is 0 Å². The van der Waals surface area contributed by atoms with E-state index in [1.807, 2.05) is 49.4 Å². The first-order chi connectivity index (χ1) is 12.5. The highest BCUT2D eigenvalue weighted by Crippen LogP contribution is 2.21. The van der Waals surface area contributed by atoms with Crippen LogP contribution >= 0.6 is 0 Å². The predicted molar refractivity (Wildman–Crippen MR) is 103 cm³/mol. The van der Waals surface area contributed by atoms with Gasteiger partial charge in [-0.15, -0.1) is 0 Å². The third kappa shape index (κ3) is 3.95. The minimum Gasteiger partial charge on any atom is -0.346 e. The van der Waals surface area contributed by atoms with Gasteiger partial charge in [0, 0.05) is 12.1 Å². The van der Waals surface area contributed by atoms with Crippen LogP contribution in [0.1, 0.15) is 24.1 Å². The van der Waals surface area contributed by atoms with Crippen LogP contribution in [0.3, 0.4) is 0 Å². The van der Waals surface area contributed by atoms with Crippen molar-refractivity contribution in [2.75, 3.05) is 0 Å². The van der Waals surface area contributed by atoms with Gasteiger partial charge in [-0.2, -0.15) is 0 Å². The van der Waals surface area contributed by atoms with E-state index in [-0.39, 0.29) is 17.6 Å². The van der Waals surface area contributed by atoms with E-state index in [9.17, 15) is 14.9 Å². The Bertz CT molecular complexity index is 995. The first-order valence-electron chi connectivity index (χ1n) is 8.25. The highest BCUT2D eigenvalue weighted by atomic mass is 16.6. The van der Waals surface area contributed by atoms with Crippen LogP contribution in [0, 0.1) is 10.1 Å². The van der Waals surface area contributed by atoms with Crippen LogP contribution in [-0.4, -0.2) is 10.8 Å². The van der Waals surface area contributed by atoms with Crippen LogP contribution in [0.25, 0.3) is 16.8 Å². The Morgan fingerprint density at radius 2 is 1.73 bits per heavy atom. The zero-order valence-electron chi connectivity index (χ0n) is 14.3. The SMILES string of the molecule is CC(NC(=O)/C=C/c1ccccc1[N+](=O)[O-])c1ccc2ccccc2c1. The van der Waals surface area contributed by atoms with Gasteiger partial charge >= 0.3 is 0 Å². The molecular weight excluding hydrogens is 328 g/mol. The van der Waals surface area contributed by atoms with Gasteiger partial charge in [-0.05, 0) is 41.5 Å². The number of hydrogen-bond acceptors (Lipinski definition) is 3. The zero-order chi connectivity index (χ0) is 18.5. The summed E-state index contributed by atoms with van der Waals surface area (Å²) in [6, 6.07) is 20.2. The van der Waals surface area contributed by atoms with Gasteiger partial charge in [-0.3, -0.25) is 14.9 Å². The Hall–Kier alpha value is -3.47. The van der Waals surface area contributed by atoms with E-state index >= 15 is 0 Å². The first-order valence-corrected chi connectivity index (χ1v) is 8.25. The first kappa shape index (κ1) is 17.4. The fourth-order valence-corrected chi connectivity index (χ4v) is 2.78. The van der Waals surface area contributed by atoms with Crippen LogP contribution in [0.5, 0.6) is 0 Å². The lowest BCUT2D eigenvalue weighted by Gasteiger charge is -2.13. The van der Waals surface area contributed by atoms with E-state index in [0.29, 0.717) is 5.56 Å². The molecule has 130 valence electrons. The molecule has 0 aliphatic heterocycles. The summed E-state index contributed by atoms with van der Waals surface area (Å²) in [5, 5.41) is 16.1. The van der Waals surface area contributed by atoms with Crippen molar-refractivity contribution in [3.05, 3.63) is 94.0 Å². The van der Waals surface area contributed by atoms with Gasteiger partial charge in [0.15, 0.2) is 0 Å². The van der Waals surface area contributed by atoms with Gasteiger partial charge in [0.05, 0.1) is 16.5 Å². The Kier molecular flexibility index (Phi) is 5.08. The summed E-state index contributed by atoms with van der Waals surface area (Å²) < 4.78 is 0. The third-order valence-corrected chi connectivity index (χ3v) is 4.18. The molecule has 0 heterocycles. The molecule has 0 aliphatic carbocycles. The van der Waals surface area contributed by atoms with Crippen molar-refractivity contribution in [2.45, 2.75) is 13.0 Å². The smallest absolute Gasteiger partial charge is 0.276 e. The molecule has 0 aromatic heterocycles. The van der Waals surface area contributed by atoms with Gasteiger partial charge in [-0.1, -0.05) is 48.5 Å². The number of amides is 1. The summed E-state index contributed by atoms with van der Waals surface area (Å²) in [4.78, 5) is 22.7. The van der Waals surface area contributed by atoms with E-state index in [1.54, 1.807) is 18.2 Å². The number of nitro benzene ring substituents is 1. The number of nitrogens with one attached hydrogen (secondary N) is 1. The summed E-state index contributed by atoms with van der Waals surface area (Å²) in [5.41, 5.74) is 1.36. The molecule has 3 aromatic carbocycles. The number of rotatable bonds is 5. The number of fused-ring (bicyclic) bond motifs is 1. The van der Waals surface area contributed by atoms with Crippen LogP contribution in [-0.2, 0) is 4.79 Å². The van der Waals surface area contributed by atoms with Crippen molar-refractivity contribution in [1.29, 1.82) is 0 Å². The van der Waals surface area contributed by atoms with E-state index in [0.717, 1.165) is 16.3 Å². The molecule has 3 aromatic rings. The molecule has 0 saturated carbocycles. The Morgan fingerprint density at radius 1 is 1.04 bits per heavy atom. The molecule has 5 nitrogen and oxygen atoms in total. The quantitative estimate of drug-likeness (QED) is 0.415. The number of hydrogen-bond donors (Lipinski definition) is 1. The topological polar surface area (TPSA) is 72.2 Å². The summed E-state index contributed by atoms with van der Waals surface area (Å²) in [6.45, 7) is 1.90. The molecule has 0 aliphatic rings. The van der Waals surface area contributed by atoms with Gasteiger partial charge < -0.3 is 5.32 Å². The molecule has 26 heavy (non-hydrogen) atoms. The van der Waals surface area contributed by atoms with E-state index in [4.69, 9.17) is 0 Å². The Labute approximate surface area is 151 Å². The minimum atomic E-state index is -0.463. The monoisotopic (exact) mass is 346 g/mol. The molecule has 1 N–H and O–H groups in total. The fraction of sp³-hybridized carbons (Fsp3) is 0.0952. The zero-order valence-corrected chi connectivity index (χ0v) is 14.3. The molecule has 0 radical (unpaired) electrons. The molecule has 5 heteroatoms. The lowest BCUT2D eigenvalue weighted by molar-refractivity contribution is -0.385. The second kappa shape index (κ2) is 7.61. The molecule has 0 spiro atoms. The van der Waals surface area contributed by atoms with Gasteiger partial charge in [-0.25, -0.2) is 0 Å². The van der Waals surface area contributed by atoms with Crippen LogP contribution in [0.15, 0.2) is 72.8 Å². The molecule has 3 rings (SSSR count). The molecule has 0 bridgehead atoms. The normalized spacial score (nSPS) is 12.2. The van der Waals surface area contributed by atoms with E-state index in [2.05, 4.69) is 5.32 Å². The Morgan fingerprint density at radius 3 is 2.50 bits per heavy atom. The Balaban J connectivity index is 1.72. The highest BCUT2D eigenvalue weighted by molar-refractivity contribution is 5.92. The molecule has 1 atom stereocenters. The maximum atomic E-state index is 12.2. The molecule has 1 unspecified atom stereocenters. The lowest BCUT2D eigenvalue weighted by atomic mass is 10.0. The number of nitro groups is 1. The average molecular weight is 346 g/mol. The number of para-hydroxylation sites is 1. The van der Waals surface area contributed by atoms with Gasteiger partial charge in [0.1, 0.15) is 0 Å². The summed E-state index contributed by atoms with van der Waals surface area (Å²) in [5.74, 6) is -0.302. The third-order valence-electron chi connectivity index (χ3n) is 4.18. The number of carbonyl (C=O) groups is 1. The lowest BCUT2D eigenvalue weighted by Crippen LogP contribution is -2.24. The second-order valence-electron chi connectivity index (χ2n) is 5.99.